The molecule has 0 saturated heterocycles. The van der Waals surface area contributed by atoms with Crippen LogP contribution in [0.15, 0.2) is 23.8 Å². The van der Waals surface area contributed by atoms with Crippen LogP contribution in [0, 0.1) is 11.8 Å². The molecule has 0 aromatic rings. The fourth-order valence-electron chi connectivity index (χ4n) is 1.63. The van der Waals surface area contributed by atoms with E-state index in [1.54, 1.807) is 0 Å². The van der Waals surface area contributed by atoms with Crippen molar-refractivity contribution in [1.29, 1.82) is 0 Å². The molecule has 0 heterocycles. The average Bonchev–Trinajstić information content (AvgIpc) is 1.80. The monoisotopic (exact) mass is 180 g/mol. The smallest absolute Gasteiger partial charge is 0.0262 e. The highest BCUT2D eigenvalue weighted by atomic mass is 14.0. The second-order valence-electron chi connectivity index (χ2n) is 4.84. The molecule has 0 aliphatic rings. The van der Waals surface area contributed by atoms with Crippen LogP contribution in [0.3, 0.4) is 0 Å². The first-order valence-electron chi connectivity index (χ1n) is 5.26. The molecule has 76 valence electrons. The van der Waals surface area contributed by atoms with Crippen molar-refractivity contribution in [2.45, 2.75) is 47.5 Å². The summed E-state index contributed by atoms with van der Waals surface area (Å²) in [4.78, 5) is 0. The van der Waals surface area contributed by atoms with Crippen molar-refractivity contribution in [2.24, 2.45) is 11.8 Å². The van der Waals surface area contributed by atoms with Gasteiger partial charge in [-0.05, 0) is 31.6 Å². The highest BCUT2D eigenvalue weighted by Crippen LogP contribution is 2.15. The van der Waals surface area contributed by atoms with Crippen LogP contribution in [-0.2, 0) is 0 Å². The normalized spacial score (nSPS) is 12.7. The molecule has 0 spiro atoms. The second-order valence-corrected chi connectivity index (χ2v) is 4.84. The lowest BCUT2D eigenvalue weighted by molar-refractivity contribution is 0.635. The molecule has 0 aromatic carbocycles. The van der Waals surface area contributed by atoms with Gasteiger partial charge in [0.1, 0.15) is 0 Å². The van der Waals surface area contributed by atoms with Crippen LogP contribution < -0.4 is 0 Å². The largest absolute Gasteiger partial charge is 0.0958 e. The highest BCUT2D eigenvalue weighted by molar-refractivity contribution is 5.19. The van der Waals surface area contributed by atoms with E-state index in [1.807, 2.05) is 0 Å². The van der Waals surface area contributed by atoms with Crippen molar-refractivity contribution in [3.05, 3.63) is 23.8 Å². The van der Waals surface area contributed by atoms with E-state index in [1.165, 1.54) is 17.6 Å². The fourth-order valence-corrected chi connectivity index (χ4v) is 1.63. The minimum absolute atomic E-state index is 0.718. The second kappa shape index (κ2) is 6.01. The topological polar surface area (TPSA) is 0 Å². The van der Waals surface area contributed by atoms with Gasteiger partial charge in [0.2, 0.25) is 0 Å². The predicted molar refractivity (Wildman–Crippen MR) is 61.8 cm³/mol. The van der Waals surface area contributed by atoms with Gasteiger partial charge in [-0.1, -0.05) is 51.5 Å². The van der Waals surface area contributed by atoms with Gasteiger partial charge >= 0.3 is 0 Å². The lowest BCUT2D eigenvalue weighted by Crippen LogP contribution is -1.91. The van der Waals surface area contributed by atoms with Gasteiger partial charge in [0.15, 0.2) is 0 Å². The summed E-state index contributed by atoms with van der Waals surface area (Å²) in [5.74, 6) is 1.47. The van der Waals surface area contributed by atoms with Gasteiger partial charge in [-0.15, -0.1) is 0 Å². The Balaban J connectivity index is 3.99. The Bertz CT molecular complexity index is 182. The zero-order valence-corrected chi connectivity index (χ0v) is 9.85. The Morgan fingerprint density at radius 2 is 1.54 bits per heavy atom. The molecule has 0 rings (SSSR count). The molecular formula is C13H24. The molecule has 13 heavy (non-hydrogen) atoms. The van der Waals surface area contributed by atoms with Crippen molar-refractivity contribution in [2.75, 3.05) is 0 Å². The summed E-state index contributed by atoms with van der Waals surface area (Å²) in [5.41, 5.74) is 2.73. The van der Waals surface area contributed by atoms with Gasteiger partial charge in [-0.25, -0.2) is 0 Å². The van der Waals surface area contributed by atoms with Crippen LogP contribution >= 0.6 is 0 Å². The van der Waals surface area contributed by atoms with Crippen LogP contribution in [0.4, 0.5) is 0 Å². The number of hydrogen-bond donors (Lipinski definition) is 0. The van der Waals surface area contributed by atoms with Crippen molar-refractivity contribution >= 4 is 0 Å². The Morgan fingerprint density at radius 3 is 1.92 bits per heavy atom. The molecule has 0 atom stereocenters. The van der Waals surface area contributed by atoms with Crippen LogP contribution in [-0.4, -0.2) is 0 Å². The third-order valence-corrected chi connectivity index (χ3v) is 1.85. The number of hydrogen-bond acceptors (Lipinski definition) is 0. The zero-order chi connectivity index (χ0) is 10.4. The molecule has 0 heteroatoms. The summed E-state index contributed by atoms with van der Waals surface area (Å²) in [6, 6.07) is 0. The van der Waals surface area contributed by atoms with Crippen molar-refractivity contribution in [3.8, 4) is 0 Å². The highest BCUT2D eigenvalue weighted by Gasteiger charge is 1.99. The van der Waals surface area contributed by atoms with Crippen LogP contribution in [0.25, 0.3) is 0 Å². The molecule has 0 aliphatic heterocycles. The van der Waals surface area contributed by atoms with Crippen LogP contribution in [0.2, 0.25) is 0 Å². The Labute approximate surface area is 83.7 Å². The lowest BCUT2D eigenvalue weighted by atomic mass is 9.99. The first-order chi connectivity index (χ1) is 5.91. The van der Waals surface area contributed by atoms with E-state index < -0.39 is 0 Å². The summed E-state index contributed by atoms with van der Waals surface area (Å²) < 4.78 is 0. The van der Waals surface area contributed by atoms with Crippen LogP contribution in [0.1, 0.15) is 47.5 Å². The molecule has 0 fully saturated rings. The summed E-state index contributed by atoms with van der Waals surface area (Å²) in [7, 11) is 0. The molecular weight excluding hydrogens is 156 g/mol. The number of allylic oxidation sites excluding steroid dienone is 3. The minimum atomic E-state index is 0.718. The Hall–Kier alpha value is -0.520. The summed E-state index contributed by atoms with van der Waals surface area (Å²) in [6.07, 6.45) is 4.56. The average molecular weight is 180 g/mol. The van der Waals surface area contributed by atoms with E-state index in [-0.39, 0.29) is 0 Å². The minimum Gasteiger partial charge on any atom is -0.0958 e. The first kappa shape index (κ1) is 12.5. The maximum atomic E-state index is 4.07. The van der Waals surface area contributed by atoms with E-state index in [2.05, 4.69) is 47.3 Å². The molecule has 0 nitrogen and oxygen atoms in total. The summed E-state index contributed by atoms with van der Waals surface area (Å²) in [6.45, 7) is 15.2. The molecule has 0 amide bonds. The molecule has 0 radical (unpaired) electrons. The third kappa shape index (κ3) is 7.83. The molecule has 0 bridgehead atoms. The van der Waals surface area contributed by atoms with Crippen molar-refractivity contribution < 1.29 is 0 Å². The Morgan fingerprint density at radius 1 is 1.08 bits per heavy atom. The summed E-state index contributed by atoms with van der Waals surface area (Å²) in [5, 5.41) is 0. The van der Waals surface area contributed by atoms with E-state index in [9.17, 15) is 0 Å². The molecule has 0 saturated carbocycles. The van der Waals surface area contributed by atoms with E-state index in [0.717, 1.165) is 18.3 Å². The van der Waals surface area contributed by atoms with Crippen molar-refractivity contribution in [3.63, 3.8) is 0 Å². The van der Waals surface area contributed by atoms with Gasteiger partial charge in [0, 0.05) is 0 Å². The SMILES string of the molecule is C=C(/C=C(\C)CC(C)C)CC(C)C. The van der Waals surface area contributed by atoms with E-state index in [0.29, 0.717) is 0 Å². The predicted octanol–water partition coefficient (Wildman–Crippen LogP) is 4.58. The van der Waals surface area contributed by atoms with Gasteiger partial charge in [-0.3, -0.25) is 0 Å². The van der Waals surface area contributed by atoms with Gasteiger partial charge in [-0.2, -0.15) is 0 Å². The molecule has 0 unspecified atom stereocenters. The summed E-state index contributed by atoms with van der Waals surface area (Å²) >= 11 is 0. The quantitative estimate of drug-likeness (QED) is 0.543. The molecule has 0 aromatic heterocycles. The van der Waals surface area contributed by atoms with Gasteiger partial charge < -0.3 is 0 Å². The van der Waals surface area contributed by atoms with E-state index in [4.69, 9.17) is 0 Å². The van der Waals surface area contributed by atoms with Gasteiger partial charge in [0.05, 0.1) is 0 Å². The zero-order valence-electron chi connectivity index (χ0n) is 9.85. The van der Waals surface area contributed by atoms with Crippen LogP contribution in [0.5, 0.6) is 0 Å². The molecule has 0 aliphatic carbocycles. The Kier molecular flexibility index (Phi) is 5.77. The molecule has 0 N–H and O–H groups in total. The van der Waals surface area contributed by atoms with Gasteiger partial charge in [0.25, 0.3) is 0 Å². The number of rotatable bonds is 5. The fraction of sp³-hybridized carbons (Fsp3) is 0.692. The maximum absolute atomic E-state index is 4.07. The lowest BCUT2D eigenvalue weighted by Gasteiger charge is -2.08. The third-order valence-electron chi connectivity index (χ3n) is 1.85. The van der Waals surface area contributed by atoms with E-state index >= 15 is 0 Å². The maximum Gasteiger partial charge on any atom is -0.0262 e. The van der Waals surface area contributed by atoms with Crippen molar-refractivity contribution in [1.82, 2.24) is 0 Å². The standard InChI is InChI=1S/C13H24/c1-10(2)7-12(5)9-13(6)8-11(3)4/h9-11H,5,7-8H2,1-4,6H3/b13-9+. The first-order valence-corrected chi connectivity index (χ1v) is 5.26.